The van der Waals surface area contributed by atoms with Crippen LogP contribution in [0.4, 0.5) is 18.9 Å². The van der Waals surface area contributed by atoms with Crippen molar-refractivity contribution in [3.05, 3.63) is 47.8 Å². The Morgan fingerprint density at radius 1 is 1.26 bits per heavy atom. The van der Waals surface area contributed by atoms with E-state index in [1.165, 1.54) is 12.1 Å². The van der Waals surface area contributed by atoms with Crippen LogP contribution in [-0.2, 0) is 22.3 Å². The number of halogens is 3. The lowest BCUT2D eigenvalue weighted by Crippen LogP contribution is -2.44. The van der Waals surface area contributed by atoms with Crippen molar-refractivity contribution < 1.29 is 22.8 Å². The Labute approximate surface area is 194 Å². The molecule has 0 bridgehead atoms. The van der Waals surface area contributed by atoms with Crippen LogP contribution < -0.4 is 10.6 Å². The van der Waals surface area contributed by atoms with E-state index < -0.39 is 29.3 Å². The molecule has 0 saturated carbocycles. The molecule has 8 nitrogen and oxygen atoms in total. The second kappa shape index (κ2) is 9.00. The fourth-order valence-electron chi connectivity index (χ4n) is 5.02. The molecule has 2 aromatic rings. The molecule has 34 heavy (non-hydrogen) atoms. The summed E-state index contributed by atoms with van der Waals surface area (Å²) in [4.78, 5) is 28.4. The van der Waals surface area contributed by atoms with Gasteiger partial charge in [-0.2, -0.15) is 23.5 Å². The summed E-state index contributed by atoms with van der Waals surface area (Å²) in [6, 6.07) is 6.41. The minimum Gasteiger partial charge on any atom is -0.371 e. The van der Waals surface area contributed by atoms with Gasteiger partial charge in [0.2, 0.25) is 11.8 Å². The number of rotatable bonds is 5. The van der Waals surface area contributed by atoms with Crippen molar-refractivity contribution in [2.45, 2.75) is 44.4 Å². The molecule has 1 aromatic heterocycles. The number of carbonyl (C=O) groups is 2. The van der Waals surface area contributed by atoms with Gasteiger partial charge in [0.15, 0.2) is 0 Å². The summed E-state index contributed by atoms with van der Waals surface area (Å²) < 4.78 is 41.7. The lowest BCUT2D eigenvalue weighted by atomic mass is 9.76. The highest BCUT2D eigenvalue weighted by molar-refractivity contribution is 5.87. The van der Waals surface area contributed by atoms with Gasteiger partial charge < -0.3 is 15.5 Å². The van der Waals surface area contributed by atoms with E-state index in [1.807, 2.05) is 4.90 Å². The molecule has 1 atom stereocenters. The molecule has 2 aliphatic rings. The summed E-state index contributed by atoms with van der Waals surface area (Å²) in [6.45, 7) is 1.75. The first-order valence-electron chi connectivity index (χ1n) is 11.0. The number of benzene rings is 1. The predicted octanol–water partition coefficient (Wildman–Crippen LogP) is 2.54. The van der Waals surface area contributed by atoms with Gasteiger partial charge in [0, 0.05) is 50.7 Å². The fourth-order valence-corrected chi connectivity index (χ4v) is 5.02. The number of hydrogen-bond acceptors (Lipinski definition) is 5. The monoisotopic (exact) mass is 474 g/mol. The first-order valence-corrected chi connectivity index (χ1v) is 11.0. The van der Waals surface area contributed by atoms with Crippen molar-refractivity contribution in [1.82, 2.24) is 14.7 Å². The Bertz CT molecular complexity index is 1100. The lowest BCUT2D eigenvalue weighted by molar-refractivity contribution is -0.138. The summed E-state index contributed by atoms with van der Waals surface area (Å²) in [7, 11) is 0. The highest BCUT2D eigenvalue weighted by atomic mass is 19.4. The van der Waals surface area contributed by atoms with Gasteiger partial charge in [0.25, 0.3) is 0 Å². The van der Waals surface area contributed by atoms with Gasteiger partial charge in [0.1, 0.15) is 6.04 Å². The third-order valence-corrected chi connectivity index (χ3v) is 6.89. The number of anilines is 1. The SMILES string of the molecule is N#Cc1ccc(N2CCC3(CC2)CC(C(N)=O)N(C(=O)CCn2cccn2)C3)cc1C(F)(F)F. The predicted molar refractivity (Wildman–Crippen MR) is 116 cm³/mol. The molecule has 3 heterocycles. The Hall–Kier alpha value is -3.55. The topological polar surface area (TPSA) is 108 Å². The quantitative estimate of drug-likeness (QED) is 0.717. The van der Waals surface area contributed by atoms with Gasteiger partial charge in [-0.15, -0.1) is 0 Å². The summed E-state index contributed by atoms with van der Waals surface area (Å²) in [5.74, 6) is -0.714. The molecule has 4 rings (SSSR count). The fraction of sp³-hybridized carbons (Fsp3) is 0.478. The normalized spacial score (nSPS) is 19.9. The Balaban J connectivity index is 1.44. The average Bonchev–Trinajstić information content (AvgIpc) is 3.45. The number of amides is 2. The molecule has 2 amide bonds. The number of primary amides is 1. The Morgan fingerprint density at radius 2 is 2.00 bits per heavy atom. The summed E-state index contributed by atoms with van der Waals surface area (Å²) >= 11 is 0. The van der Waals surface area contributed by atoms with E-state index in [2.05, 4.69) is 5.10 Å². The van der Waals surface area contributed by atoms with Gasteiger partial charge in [-0.25, -0.2) is 0 Å². The van der Waals surface area contributed by atoms with Crippen molar-refractivity contribution in [3.63, 3.8) is 0 Å². The average molecular weight is 474 g/mol. The van der Waals surface area contributed by atoms with Crippen LogP contribution in [0.25, 0.3) is 0 Å². The molecule has 11 heteroatoms. The van der Waals surface area contributed by atoms with E-state index in [1.54, 1.807) is 34.1 Å². The van der Waals surface area contributed by atoms with Gasteiger partial charge >= 0.3 is 6.18 Å². The van der Waals surface area contributed by atoms with Crippen molar-refractivity contribution in [3.8, 4) is 6.07 Å². The van der Waals surface area contributed by atoms with Crippen molar-refractivity contribution in [2.75, 3.05) is 24.5 Å². The van der Waals surface area contributed by atoms with Gasteiger partial charge in [-0.05, 0) is 48.9 Å². The zero-order valence-electron chi connectivity index (χ0n) is 18.5. The summed E-state index contributed by atoms with van der Waals surface area (Å²) in [6.07, 6.45) is 0.635. The van der Waals surface area contributed by atoms with Crippen molar-refractivity contribution in [1.29, 1.82) is 5.26 Å². The standard InChI is InChI=1S/C23H25F3N6O2/c24-23(25,26)18-12-17(3-2-16(18)14-27)30-10-5-22(6-11-30)13-19(21(28)34)32(15-22)20(33)4-9-31-8-1-7-29-31/h1-3,7-8,12,19H,4-6,9-11,13,15H2,(H2,28,34). The van der Waals surface area contributed by atoms with Crippen molar-refractivity contribution in [2.24, 2.45) is 11.1 Å². The number of hydrogen-bond donors (Lipinski definition) is 1. The molecule has 0 aliphatic carbocycles. The minimum absolute atomic E-state index is 0.166. The number of nitrogens with two attached hydrogens (primary N) is 1. The number of alkyl halides is 3. The summed E-state index contributed by atoms with van der Waals surface area (Å²) in [5, 5.41) is 13.1. The molecule has 1 spiro atoms. The van der Waals surface area contributed by atoms with E-state index in [-0.39, 0.29) is 17.7 Å². The highest BCUT2D eigenvalue weighted by Crippen LogP contribution is 2.45. The molecule has 2 fully saturated rings. The Kier molecular flexibility index (Phi) is 6.25. The van der Waals surface area contributed by atoms with Crippen LogP contribution in [0.5, 0.6) is 0 Å². The van der Waals surface area contributed by atoms with E-state index in [4.69, 9.17) is 11.0 Å². The van der Waals surface area contributed by atoms with Gasteiger partial charge in [0.05, 0.1) is 17.2 Å². The Morgan fingerprint density at radius 3 is 2.59 bits per heavy atom. The highest BCUT2D eigenvalue weighted by Gasteiger charge is 2.49. The second-order valence-corrected chi connectivity index (χ2v) is 8.99. The maximum absolute atomic E-state index is 13.4. The third-order valence-electron chi connectivity index (χ3n) is 6.89. The van der Waals surface area contributed by atoms with Crippen LogP contribution in [0.3, 0.4) is 0 Å². The first-order chi connectivity index (χ1) is 16.1. The zero-order valence-corrected chi connectivity index (χ0v) is 18.5. The maximum atomic E-state index is 13.4. The van der Waals surface area contributed by atoms with E-state index >= 15 is 0 Å². The first kappa shape index (κ1) is 23.6. The van der Waals surface area contributed by atoms with Gasteiger partial charge in [-0.3, -0.25) is 14.3 Å². The number of aryl methyl sites for hydroxylation is 1. The number of carbonyl (C=O) groups excluding carboxylic acids is 2. The number of nitrogens with zero attached hydrogens (tertiary/aromatic N) is 5. The molecule has 0 radical (unpaired) electrons. The van der Waals surface area contributed by atoms with Crippen LogP contribution in [0.15, 0.2) is 36.7 Å². The smallest absolute Gasteiger partial charge is 0.371 e. The van der Waals surface area contributed by atoms with Crippen LogP contribution in [0.1, 0.15) is 36.8 Å². The van der Waals surface area contributed by atoms with E-state index in [0.29, 0.717) is 51.1 Å². The van der Waals surface area contributed by atoms with Crippen LogP contribution in [-0.4, -0.2) is 52.2 Å². The second-order valence-electron chi connectivity index (χ2n) is 8.99. The van der Waals surface area contributed by atoms with E-state index in [0.717, 1.165) is 6.07 Å². The zero-order chi connectivity index (χ0) is 24.5. The third kappa shape index (κ3) is 4.71. The number of aromatic nitrogens is 2. The molecular formula is C23H25F3N6O2. The van der Waals surface area contributed by atoms with Gasteiger partial charge in [-0.1, -0.05) is 0 Å². The molecule has 1 unspecified atom stereocenters. The van der Waals surface area contributed by atoms with Crippen LogP contribution >= 0.6 is 0 Å². The maximum Gasteiger partial charge on any atom is 0.417 e. The molecule has 1 aromatic carbocycles. The van der Waals surface area contributed by atoms with Crippen LogP contribution in [0.2, 0.25) is 0 Å². The molecule has 180 valence electrons. The molecule has 2 saturated heterocycles. The number of likely N-dealkylation sites (tertiary alicyclic amines) is 1. The largest absolute Gasteiger partial charge is 0.417 e. The number of nitriles is 1. The van der Waals surface area contributed by atoms with Crippen LogP contribution in [0, 0.1) is 16.7 Å². The van der Waals surface area contributed by atoms with E-state index in [9.17, 15) is 22.8 Å². The van der Waals surface area contributed by atoms with Crippen molar-refractivity contribution >= 4 is 17.5 Å². The molecule has 2 N–H and O–H groups in total. The lowest BCUT2D eigenvalue weighted by Gasteiger charge is -2.40. The molecule has 2 aliphatic heterocycles. The molecular weight excluding hydrogens is 449 g/mol. The number of piperidine rings is 1. The summed E-state index contributed by atoms with van der Waals surface area (Å²) in [5.41, 5.74) is 4.35. The minimum atomic E-state index is -4.62.